The van der Waals surface area contributed by atoms with E-state index < -0.39 is 4.45 Å². The molecule has 0 aliphatic carbocycles. The second-order valence-electron chi connectivity index (χ2n) is 3.41. The number of rotatable bonds is 1. The normalized spacial score (nSPS) is 22.4. The zero-order chi connectivity index (χ0) is 12.5. The van der Waals surface area contributed by atoms with Crippen molar-refractivity contribution >= 4 is 33.2 Å². The molecule has 1 unspecified atom stereocenters. The Hall–Kier alpha value is -1.62. The summed E-state index contributed by atoms with van der Waals surface area (Å²) in [5.41, 5.74) is 1.38. The van der Waals surface area contributed by atoms with Gasteiger partial charge in [0.2, 0.25) is 0 Å². The zero-order valence-electron chi connectivity index (χ0n) is 8.48. The maximum atomic E-state index is 9.07. The molecule has 82 valence electrons. The summed E-state index contributed by atoms with van der Waals surface area (Å²) in [6, 6.07) is 11.0. The van der Waals surface area contributed by atoms with Gasteiger partial charge in [0.05, 0.1) is 11.6 Å². The van der Waals surface area contributed by atoms with Gasteiger partial charge in [0.1, 0.15) is 11.8 Å². The topological polar surface area (TPSA) is 59.9 Å². The summed E-state index contributed by atoms with van der Waals surface area (Å²) in [4.78, 5) is 4.20. The van der Waals surface area contributed by atoms with Crippen molar-refractivity contribution in [1.29, 1.82) is 10.5 Å². The Morgan fingerprint density at radius 3 is 2.35 bits per heavy atom. The van der Waals surface area contributed by atoms with Gasteiger partial charge in [0.15, 0.2) is 4.45 Å². The summed E-state index contributed by atoms with van der Waals surface area (Å²) >= 11 is 9.22. The van der Waals surface area contributed by atoms with Gasteiger partial charge in [-0.15, -0.1) is 0 Å². The first kappa shape index (κ1) is 11.9. The lowest BCUT2D eigenvalue weighted by Crippen LogP contribution is -2.14. The van der Waals surface area contributed by atoms with E-state index >= 15 is 0 Å². The summed E-state index contributed by atoms with van der Waals surface area (Å²) in [7, 11) is 0. The molecule has 3 nitrogen and oxygen atoms in total. The number of allylic oxidation sites excluding steroid dienone is 1. The fourth-order valence-corrected chi connectivity index (χ4v) is 2.33. The molecule has 1 heterocycles. The molecule has 1 aromatic rings. The lowest BCUT2D eigenvalue weighted by molar-refractivity contribution is 0.836. The second kappa shape index (κ2) is 4.33. The molecule has 1 atom stereocenters. The smallest absolute Gasteiger partial charge is 0.176 e. The van der Waals surface area contributed by atoms with E-state index in [1.54, 1.807) is 24.3 Å². The molecule has 0 saturated carbocycles. The van der Waals surface area contributed by atoms with E-state index in [0.717, 1.165) is 5.56 Å². The Morgan fingerprint density at radius 2 is 1.82 bits per heavy atom. The Kier molecular flexibility index (Phi) is 3.02. The van der Waals surface area contributed by atoms with Crippen molar-refractivity contribution in [3.8, 4) is 12.1 Å². The van der Waals surface area contributed by atoms with Crippen LogP contribution in [0, 0.1) is 22.7 Å². The third-order valence-electron chi connectivity index (χ3n) is 2.37. The van der Waals surface area contributed by atoms with E-state index in [0.29, 0.717) is 10.6 Å². The van der Waals surface area contributed by atoms with Crippen molar-refractivity contribution in [2.24, 2.45) is 4.99 Å². The molecule has 17 heavy (non-hydrogen) atoms. The Labute approximate surface area is 112 Å². The number of benzene rings is 1. The van der Waals surface area contributed by atoms with Crippen LogP contribution >= 0.6 is 27.5 Å². The molecule has 0 radical (unpaired) electrons. The van der Waals surface area contributed by atoms with Crippen molar-refractivity contribution in [2.75, 3.05) is 0 Å². The first-order valence-electron chi connectivity index (χ1n) is 4.67. The second-order valence-corrected chi connectivity index (χ2v) is 4.99. The summed E-state index contributed by atoms with van der Waals surface area (Å²) in [5, 5.41) is 18.5. The van der Waals surface area contributed by atoms with Gasteiger partial charge in [-0.05, 0) is 39.7 Å². The Morgan fingerprint density at radius 1 is 1.18 bits per heavy atom. The average molecular weight is 307 g/mol. The average Bonchev–Trinajstić information content (AvgIpc) is 2.68. The summed E-state index contributed by atoms with van der Waals surface area (Å²) in [6.45, 7) is 0. The molecule has 0 fully saturated rings. The van der Waals surface area contributed by atoms with E-state index in [4.69, 9.17) is 22.1 Å². The van der Waals surface area contributed by atoms with E-state index in [1.165, 1.54) is 6.08 Å². The van der Waals surface area contributed by atoms with Crippen LogP contribution in [0.5, 0.6) is 0 Å². The number of nitrogens with zero attached hydrogens (tertiary/aromatic N) is 3. The predicted molar refractivity (Wildman–Crippen MR) is 68.8 cm³/mol. The van der Waals surface area contributed by atoms with Crippen LogP contribution in [0.2, 0.25) is 5.02 Å². The maximum absolute atomic E-state index is 9.07. The molecule has 0 spiro atoms. The van der Waals surface area contributed by atoms with Crippen LogP contribution in [-0.2, 0) is 4.45 Å². The number of aliphatic imine (C=N–C) groups is 1. The predicted octanol–water partition coefficient (Wildman–Crippen LogP) is 3.32. The standard InChI is InChI=1S/C12H5BrClN3/c13-12(8-1-3-10(14)4-2-8)9(6-15)5-11(7-16)17-12/h1-5H. The third kappa shape index (κ3) is 1.98. The fraction of sp³-hybridized carbons (Fsp3) is 0.0833. The van der Waals surface area contributed by atoms with Crippen molar-refractivity contribution < 1.29 is 0 Å². The van der Waals surface area contributed by atoms with Crippen molar-refractivity contribution in [1.82, 2.24) is 0 Å². The highest BCUT2D eigenvalue weighted by molar-refractivity contribution is 9.09. The van der Waals surface area contributed by atoms with E-state index in [1.807, 2.05) is 12.1 Å². The lowest BCUT2D eigenvalue weighted by Gasteiger charge is -2.19. The quantitative estimate of drug-likeness (QED) is 0.590. The molecular formula is C12H5BrClN3. The van der Waals surface area contributed by atoms with Crippen molar-refractivity contribution in [3.63, 3.8) is 0 Å². The largest absolute Gasteiger partial charge is 0.245 e. The molecule has 0 saturated heterocycles. The highest BCUT2D eigenvalue weighted by Crippen LogP contribution is 2.43. The first-order chi connectivity index (χ1) is 8.10. The molecule has 1 aliphatic rings. The minimum atomic E-state index is -0.961. The molecule has 5 heteroatoms. The van der Waals surface area contributed by atoms with Gasteiger partial charge in [-0.25, -0.2) is 4.99 Å². The van der Waals surface area contributed by atoms with Gasteiger partial charge in [-0.1, -0.05) is 23.7 Å². The van der Waals surface area contributed by atoms with E-state index in [-0.39, 0.29) is 5.71 Å². The monoisotopic (exact) mass is 305 g/mol. The Balaban J connectivity index is 2.55. The minimum Gasteiger partial charge on any atom is -0.245 e. The van der Waals surface area contributed by atoms with Crippen LogP contribution in [0.25, 0.3) is 0 Å². The number of alkyl halides is 1. The maximum Gasteiger partial charge on any atom is 0.176 e. The zero-order valence-corrected chi connectivity index (χ0v) is 10.8. The molecular weight excluding hydrogens is 302 g/mol. The van der Waals surface area contributed by atoms with Gasteiger partial charge in [-0.3, -0.25) is 0 Å². The highest BCUT2D eigenvalue weighted by Gasteiger charge is 2.37. The molecule has 0 bridgehead atoms. The minimum absolute atomic E-state index is 0.230. The number of hydrogen-bond acceptors (Lipinski definition) is 3. The number of halogens is 2. The third-order valence-corrected chi connectivity index (χ3v) is 3.69. The highest BCUT2D eigenvalue weighted by atomic mass is 79.9. The van der Waals surface area contributed by atoms with Crippen molar-refractivity contribution in [3.05, 3.63) is 46.5 Å². The lowest BCUT2D eigenvalue weighted by atomic mass is 10.0. The van der Waals surface area contributed by atoms with Crippen LogP contribution in [-0.4, -0.2) is 5.71 Å². The summed E-state index contributed by atoms with van der Waals surface area (Å²) in [6.07, 6.45) is 1.48. The van der Waals surface area contributed by atoms with Crippen LogP contribution in [0.1, 0.15) is 5.56 Å². The molecule has 1 aliphatic heterocycles. The molecule has 2 rings (SSSR count). The van der Waals surface area contributed by atoms with Gasteiger partial charge in [0.25, 0.3) is 0 Å². The van der Waals surface area contributed by atoms with Gasteiger partial charge < -0.3 is 0 Å². The summed E-state index contributed by atoms with van der Waals surface area (Å²) < 4.78 is -0.961. The van der Waals surface area contributed by atoms with Gasteiger partial charge in [0, 0.05) is 5.02 Å². The van der Waals surface area contributed by atoms with E-state index in [9.17, 15) is 0 Å². The van der Waals surface area contributed by atoms with Gasteiger partial charge in [-0.2, -0.15) is 10.5 Å². The van der Waals surface area contributed by atoms with E-state index in [2.05, 4.69) is 20.9 Å². The van der Waals surface area contributed by atoms with Crippen LogP contribution < -0.4 is 0 Å². The van der Waals surface area contributed by atoms with Crippen LogP contribution in [0.4, 0.5) is 0 Å². The van der Waals surface area contributed by atoms with Crippen molar-refractivity contribution in [2.45, 2.75) is 4.45 Å². The van der Waals surface area contributed by atoms with Crippen LogP contribution in [0.3, 0.4) is 0 Å². The molecule has 0 amide bonds. The SMILES string of the molecule is N#CC1=CC(C#N)=NC1(Br)c1ccc(Cl)cc1. The molecule has 0 N–H and O–H groups in total. The van der Waals surface area contributed by atoms with Gasteiger partial charge >= 0.3 is 0 Å². The molecule has 0 aromatic heterocycles. The number of nitriles is 2. The first-order valence-corrected chi connectivity index (χ1v) is 5.84. The Bertz CT molecular complexity index is 604. The summed E-state index contributed by atoms with van der Waals surface area (Å²) in [5.74, 6) is 0. The van der Waals surface area contributed by atoms with Crippen LogP contribution in [0.15, 0.2) is 40.9 Å². The fourth-order valence-electron chi connectivity index (χ4n) is 1.55. The molecule has 1 aromatic carbocycles. The number of hydrogen-bond donors (Lipinski definition) is 0.